The van der Waals surface area contributed by atoms with E-state index in [1.807, 2.05) is 6.07 Å². The Kier molecular flexibility index (Phi) is 8.02. The molecule has 6 rings (SSSR count). The van der Waals surface area contributed by atoms with Gasteiger partial charge >= 0.3 is 0 Å². The normalized spacial score (nSPS) is 12.4. The van der Waals surface area contributed by atoms with Gasteiger partial charge in [0.15, 0.2) is 0 Å². The van der Waals surface area contributed by atoms with Gasteiger partial charge in [0.2, 0.25) is 0 Å². The van der Waals surface area contributed by atoms with Crippen LogP contribution in [0.1, 0.15) is 0 Å². The Bertz CT molecular complexity index is 2420. The SMILES string of the molecule is O=S(=O)(O)c1ccc2c(N=Nc3ccc(N=Nc4ccc(Nc5ccccc5)c(S(=O)(=O)O)c4)c4ccccc34)c(O)ccc2c1. The molecule has 0 bridgehead atoms. The van der Waals surface area contributed by atoms with Crippen LogP contribution in [0.3, 0.4) is 0 Å². The summed E-state index contributed by atoms with van der Waals surface area (Å²) in [6.45, 7) is 0. The zero-order chi connectivity index (χ0) is 32.5. The van der Waals surface area contributed by atoms with Gasteiger partial charge in [-0.2, -0.15) is 21.9 Å². The number of aromatic hydroxyl groups is 1. The minimum absolute atomic E-state index is 0.104. The van der Waals surface area contributed by atoms with Crippen molar-refractivity contribution in [2.45, 2.75) is 9.79 Å². The van der Waals surface area contributed by atoms with E-state index in [4.69, 9.17) is 0 Å². The van der Waals surface area contributed by atoms with E-state index in [0.29, 0.717) is 38.6 Å². The number of nitrogens with zero attached hydrogens (tertiary/aromatic N) is 4. The number of hydrogen-bond acceptors (Lipinski definition) is 10. The van der Waals surface area contributed by atoms with Gasteiger partial charge in [-0.05, 0) is 66.0 Å². The Labute approximate surface area is 262 Å². The van der Waals surface area contributed by atoms with E-state index in [0.717, 1.165) is 0 Å². The molecule has 0 saturated heterocycles. The van der Waals surface area contributed by atoms with Crippen molar-refractivity contribution in [3.05, 3.63) is 115 Å². The summed E-state index contributed by atoms with van der Waals surface area (Å²) >= 11 is 0. The maximum atomic E-state index is 12.2. The van der Waals surface area contributed by atoms with Crippen LogP contribution in [0.5, 0.6) is 5.75 Å². The van der Waals surface area contributed by atoms with Gasteiger partial charge in [0, 0.05) is 21.8 Å². The van der Waals surface area contributed by atoms with Gasteiger partial charge < -0.3 is 10.4 Å². The Morgan fingerprint density at radius 2 is 1.22 bits per heavy atom. The number of benzene rings is 6. The highest BCUT2D eigenvalue weighted by Gasteiger charge is 2.17. The first-order valence-electron chi connectivity index (χ1n) is 13.5. The minimum Gasteiger partial charge on any atom is -0.506 e. The number of hydrogen-bond donors (Lipinski definition) is 4. The van der Waals surface area contributed by atoms with E-state index < -0.39 is 20.2 Å². The van der Waals surface area contributed by atoms with Crippen molar-refractivity contribution < 1.29 is 31.0 Å². The van der Waals surface area contributed by atoms with Crippen LogP contribution in [0.2, 0.25) is 0 Å². The molecule has 0 unspecified atom stereocenters. The summed E-state index contributed by atoms with van der Waals surface area (Å²) in [6.07, 6.45) is 0. The average Bonchev–Trinajstić information content (AvgIpc) is 3.03. The van der Waals surface area contributed by atoms with Gasteiger partial charge in [0.25, 0.3) is 20.2 Å². The molecule has 0 atom stereocenters. The van der Waals surface area contributed by atoms with Crippen LogP contribution in [-0.2, 0) is 20.2 Å². The standard InChI is InChI=1S/C32H23N5O7S2/c38-30-17-10-20-18-23(45(39,40)41)12-13-24(20)32(30)37-36-28-16-15-27(25-8-4-5-9-26(25)28)35-34-22-11-14-29(31(19-22)46(42,43)44)33-21-6-2-1-3-7-21/h1-19,33,38H,(H,39,40,41)(H,42,43,44). The Morgan fingerprint density at radius 1 is 0.565 bits per heavy atom. The maximum absolute atomic E-state index is 12.2. The first-order chi connectivity index (χ1) is 22.0. The smallest absolute Gasteiger partial charge is 0.296 e. The van der Waals surface area contributed by atoms with Crippen molar-refractivity contribution in [2.24, 2.45) is 20.5 Å². The largest absolute Gasteiger partial charge is 0.506 e. The molecule has 0 aliphatic carbocycles. The lowest BCUT2D eigenvalue weighted by Gasteiger charge is -2.11. The molecule has 0 radical (unpaired) electrons. The van der Waals surface area contributed by atoms with Crippen LogP contribution in [0, 0.1) is 0 Å². The zero-order valence-corrected chi connectivity index (χ0v) is 25.2. The van der Waals surface area contributed by atoms with Crippen LogP contribution < -0.4 is 5.32 Å². The van der Waals surface area contributed by atoms with Crippen molar-refractivity contribution in [1.82, 2.24) is 0 Å². The van der Waals surface area contributed by atoms with Crippen molar-refractivity contribution in [1.29, 1.82) is 0 Å². The molecule has 0 saturated carbocycles. The number of azo groups is 2. The summed E-state index contributed by atoms with van der Waals surface area (Å²) in [5.41, 5.74) is 1.97. The van der Waals surface area contributed by atoms with Crippen molar-refractivity contribution in [2.75, 3.05) is 5.32 Å². The molecular weight excluding hydrogens is 631 g/mol. The number of nitrogens with one attached hydrogen (secondary N) is 1. The highest BCUT2D eigenvalue weighted by molar-refractivity contribution is 7.86. The number of phenolic OH excluding ortho intramolecular Hbond substituents is 1. The molecule has 6 aromatic rings. The van der Waals surface area contributed by atoms with Gasteiger partial charge in [-0.15, -0.1) is 15.3 Å². The van der Waals surface area contributed by atoms with Gasteiger partial charge in [0.1, 0.15) is 16.3 Å². The second-order valence-electron chi connectivity index (χ2n) is 9.99. The first-order valence-corrected chi connectivity index (χ1v) is 16.4. The summed E-state index contributed by atoms with van der Waals surface area (Å²) in [4.78, 5) is -0.655. The van der Waals surface area contributed by atoms with Crippen molar-refractivity contribution in [3.63, 3.8) is 0 Å². The molecule has 0 amide bonds. The fraction of sp³-hybridized carbons (Fsp3) is 0. The summed E-state index contributed by atoms with van der Waals surface area (Å²) in [5.74, 6) is -0.181. The second kappa shape index (κ2) is 12.1. The monoisotopic (exact) mass is 653 g/mol. The van der Waals surface area contributed by atoms with Crippen LogP contribution in [-0.4, -0.2) is 31.0 Å². The van der Waals surface area contributed by atoms with Crippen LogP contribution in [0.25, 0.3) is 21.5 Å². The summed E-state index contributed by atoms with van der Waals surface area (Å²) in [5, 5.41) is 32.8. The summed E-state index contributed by atoms with van der Waals surface area (Å²) in [6, 6.07) is 30.4. The molecular formula is C32H23N5O7S2. The average molecular weight is 654 g/mol. The van der Waals surface area contributed by atoms with Crippen LogP contribution >= 0.6 is 0 Å². The number of anilines is 2. The third-order valence-corrected chi connectivity index (χ3v) is 8.69. The molecule has 0 aliphatic heterocycles. The van der Waals surface area contributed by atoms with E-state index in [9.17, 15) is 31.0 Å². The highest BCUT2D eigenvalue weighted by Crippen LogP contribution is 2.40. The maximum Gasteiger partial charge on any atom is 0.296 e. The predicted octanol–water partition coefficient (Wildman–Crippen LogP) is 8.77. The number of para-hydroxylation sites is 1. The number of phenols is 1. The van der Waals surface area contributed by atoms with Gasteiger partial charge in [-0.25, -0.2) is 0 Å². The Balaban J connectivity index is 1.34. The van der Waals surface area contributed by atoms with Crippen LogP contribution in [0.15, 0.2) is 146 Å². The molecule has 0 spiro atoms. The molecule has 6 aromatic carbocycles. The molecule has 14 heteroatoms. The fourth-order valence-corrected chi connectivity index (χ4v) is 5.95. The fourth-order valence-electron chi connectivity index (χ4n) is 4.77. The van der Waals surface area contributed by atoms with E-state index in [1.165, 1.54) is 42.5 Å². The van der Waals surface area contributed by atoms with Crippen molar-refractivity contribution >= 4 is 75.9 Å². The predicted molar refractivity (Wildman–Crippen MR) is 174 cm³/mol. The van der Waals surface area contributed by atoms with Gasteiger partial charge in [0.05, 0.1) is 27.6 Å². The third kappa shape index (κ3) is 6.45. The Morgan fingerprint density at radius 3 is 1.87 bits per heavy atom. The van der Waals surface area contributed by atoms with E-state index >= 15 is 0 Å². The van der Waals surface area contributed by atoms with Gasteiger partial charge in [-0.1, -0.05) is 54.6 Å². The summed E-state index contributed by atoms with van der Waals surface area (Å²) in [7, 11) is -9.02. The lowest BCUT2D eigenvalue weighted by Crippen LogP contribution is -2.03. The van der Waals surface area contributed by atoms with Gasteiger partial charge in [-0.3, -0.25) is 9.11 Å². The molecule has 0 heterocycles. The van der Waals surface area contributed by atoms with Crippen molar-refractivity contribution in [3.8, 4) is 5.75 Å². The molecule has 0 aromatic heterocycles. The Hall–Kier alpha value is -5.54. The molecule has 4 N–H and O–H groups in total. The topological polar surface area (TPSA) is 190 Å². The quantitative estimate of drug-likeness (QED) is 0.0925. The lowest BCUT2D eigenvalue weighted by molar-refractivity contribution is 0.477. The zero-order valence-electron chi connectivity index (χ0n) is 23.5. The number of fused-ring (bicyclic) bond motifs is 2. The molecule has 46 heavy (non-hydrogen) atoms. The second-order valence-corrected chi connectivity index (χ2v) is 12.8. The van der Waals surface area contributed by atoms with E-state index in [-0.39, 0.29) is 32.6 Å². The minimum atomic E-state index is -4.60. The number of rotatable bonds is 8. The lowest BCUT2D eigenvalue weighted by atomic mass is 10.1. The molecule has 0 aliphatic rings. The molecule has 0 fully saturated rings. The molecule has 12 nitrogen and oxygen atoms in total. The van der Waals surface area contributed by atoms with E-state index in [2.05, 4.69) is 25.8 Å². The summed E-state index contributed by atoms with van der Waals surface area (Å²) < 4.78 is 66.7. The molecule has 230 valence electrons. The highest BCUT2D eigenvalue weighted by atomic mass is 32.2. The third-order valence-electron chi connectivity index (χ3n) is 6.94. The van der Waals surface area contributed by atoms with Crippen LogP contribution in [0.4, 0.5) is 34.1 Å². The van der Waals surface area contributed by atoms with E-state index in [1.54, 1.807) is 66.7 Å². The first kappa shape index (κ1) is 30.5.